The second-order valence-corrected chi connectivity index (χ2v) is 7.16. The van der Waals surface area contributed by atoms with E-state index in [0.29, 0.717) is 25.3 Å². The number of carbonyl (C=O) groups is 2. The van der Waals surface area contributed by atoms with E-state index in [2.05, 4.69) is 20.9 Å². The molecule has 1 aliphatic heterocycles. The molecule has 0 atom stereocenters. The molecule has 0 N–H and O–H groups in total. The van der Waals surface area contributed by atoms with Crippen molar-refractivity contribution in [3.63, 3.8) is 0 Å². The van der Waals surface area contributed by atoms with Crippen LogP contribution in [0.3, 0.4) is 0 Å². The molecule has 9 heteroatoms. The van der Waals surface area contributed by atoms with Gasteiger partial charge in [0.2, 0.25) is 0 Å². The van der Waals surface area contributed by atoms with Crippen LogP contribution in [0, 0.1) is 0 Å². The number of ether oxygens (including phenoxy) is 2. The molecule has 1 aromatic carbocycles. The molecule has 1 heterocycles. The monoisotopic (exact) mass is 446 g/mol. The predicted molar refractivity (Wildman–Crippen MR) is 103 cm³/mol. The summed E-state index contributed by atoms with van der Waals surface area (Å²) >= 11 is 10.9. The van der Waals surface area contributed by atoms with Crippen molar-refractivity contribution in [2.45, 2.75) is 6.92 Å². The highest BCUT2D eigenvalue weighted by Gasteiger charge is 2.29. The molecule has 6 nitrogen and oxygen atoms in total. The average Bonchev–Trinajstić information content (AvgIpc) is 2.82. The first kappa shape index (κ1) is 19.8. The maximum Gasteiger partial charge on any atom is 0.344 e. The Morgan fingerprint density at radius 2 is 2.20 bits per heavy atom. The van der Waals surface area contributed by atoms with E-state index in [0.717, 1.165) is 5.56 Å². The molecule has 0 saturated carbocycles. The van der Waals surface area contributed by atoms with Crippen LogP contribution in [0.2, 0.25) is 5.02 Å². The van der Waals surface area contributed by atoms with Crippen molar-refractivity contribution >= 4 is 62.4 Å². The molecule has 1 fully saturated rings. The lowest BCUT2D eigenvalue weighted by atomic mass is 10.2. The number of amides is 1. The van der Waals surface area contributed by atoms with Crippen LogP contribution in [-0.2, 0) is 14.3 Å². The number of amidine groups is 1. The Balaban J connectivity index is 2.21. The van der Waals surface area contributed by atoms with Crippen molar-refractivity contribution in [1.29, 1.82) is 0 Å². The van der Waals surface area contributed by atoms with E-state index >= 15 is 0 Å². The van der Waals surface area contributed by atoms with Gasteiger partial charge in [0.15, 0.2) is 17.5 Å². The van der Waals surface area contributed by atoms with Gasteiger partial charge in [-0.2, -0.15) is 0 Å². The molecule has 134 valence electrons. The van der Waals surface area contributed by atoms with Crippen LogP contribution in [0.4, 0.5) is 0 Å². The van der Waals surface area contributed by atoms with Gasteiger partial charge in [-0.1, -0.05) is 11.6 Å². The highest BCUT2D eigenvalue weighted by molar-refractivity contribution is 9.10. The van der Waals surface area contributed by atoms with Gasteiger partial charge in [0, 0.05) is 14.1 Å². The van der Waals surface area contributed by atoms with Crippen molar-refractivity contribution < 1.29 is 19.1 Å². The zero-order valence-electron chi connectivity index (χ0n) is 13.8. The molecule has 0 unspecified atom stereocenters. The van der Waals surface area contributed by atoms with E-state index in [9.17, 15) is 9.59 Å². The Labute approximate surface area is 163 Å². The van der Waals surface area contributed by atoms with Crippen LogP contribution in [0.1, 0.15) is 12.5 Å². The number of esters is 1. The summed E-state index contributed by atoms with van der Waals surface area (Å²) in [6.45, 7) is 1.77. The Hall–Kier alpha value is -1.51. The van der Waals surface area contributed by atoms with Gasteiger partial charge in [-0.3, -0.25) is 14.7 Å². The number of rotatable bonds is 5. The molecular weight excluding hydrogens is 432 g/mol. The van der Waals surface area contributed by atoms with E-state index in [4.69, 9.17) is 21.1 Å². The highest BCUT2D eigenvalue weighted by atomic mass is 79.9. The number of aliphatic imine (C=N–C) groups is 1. The summed E-state index contributed by atoms with van der Waals surface area (Å²) < 4.78 is 10.8. The highest BCUT2D eigenvalue weighted by Crippen LogP contribution is 2.37. The van der Waals surface area contributed by atoms with Crippen LogP contribution in [0.15, 0.2) is 26.5 Å². The molecule has 0 aliphatic carbocycles. The Kier molecular flexibility index (Phi) is 6.92. The molecule has 1 amide bonds. The predicted octanol–water partition coefficient (Wildman–Crippen LogP) is 3.58. The van der Waals surface area contributed by atoms with Crippen molar-refractivity contribution in [3.05, 3.63) is 32.1 Å². The number of hydrogen-bond donors (Lipinski definition) is 0. The number of halogens is 2. The van der Waals surface area contributed by atoms with Crippen LogP contribution < -0.4 is 4.74 Å². The minimum absolute atomic E-state index is 0.125. The van der Waals surface area contributed by atoms with Gasteiger partial charge in [-0.25, -0.2) is 4.79 Å². The normalized spacial score (nSPS) is 17.5. The van der Waals surface area contributed by atoms with E-state index in [1.165, 1.54) is 16.7 Å². The fourth-order valence-electron chi connectivity index (χ4n) is 2.04. The van der Waals surface area contributed by atoms with Gasteiger partial charge in [-0.15, -0.1) is 0 Å². The minimum Gasteiger partial charge on any atom is -0.479 e. The maximum atomic E-state index is 12.2. The molecule has 0 spiro atoms. The molecule has 0 bridgehead atoms. The summed E-state index contributed by atoms with van der Waals surface area (Å²) in [5, 5.41) is 0.953. The van der Waals surface area contributed by atoms with Crippen LogP contribution in [0.25, 0.3) is 6.08 Å². The second-order valence-electron chi connectivity index (χ2n) is 4.89. The number of nitrogens with zero attached hydrogens (tertiary/aromatic N) is 2. The first-order valence-corrected chi connectivity index (χ1v) is 9.28. The van der Waals surface area contributed by atoms with Crippen molar-refractivity contribution in [2.24, 2.45) is 4.99 Å². The van der Waals surface area contributed by atoms with Gasteiger partial charge in [0.25, 0.3) is 5.91 Å². The molecule has 25 heavy (non-hydrogen) atoms. The van der Waals surface area contributed by atoms with Gasteiger partial charge in [0.1, 0.15) is 0 Å². The summed E-state index contributed by atoms with van der Waals surface area (Å²) in [6.07, 6.45) is 1.73. The number of thioether (sulfide) groups is 1. The number of benzene rings is 1. The molecule has 1 saturated heterocycles. The van der Waals surface area contributed by atoms with Crippen LogP contribution in [0.5, 0.6) is 5.75 Å². The van der Waals surface area contributed by atoms with E-state index in [1.807, 2.05) is 0 Å². The summed E-state index contributed by atoms with van der Waals surface area (Å²) in [7, 11) is 3.31. The van der Waals surface area contributed by atoms with Crippen LogP contribution in [-0.4, -0.2) is 49.3 Å². The molecule has 1 aromatic rings. The van der Waals surface area contributed by atoms with Gasteiger partial charge >= 0.3 is 5.97 Å². The first-order chi connectivity index (χ1) is 11.9. The zero-order valence-corrected chi connectivity index (χ0v) is 17.0. The fraction of sp³-hybridized carbons (Fsp3) is 0.312. The molecule has 1 aliphatic rings. The maximum absolute atomic E-state index is 12.2. The lowest BCUT2D eigenvalue weighted by Crippen LogP contribution is -2.23. The number of likely N-dealkylation sites (N-methyl/N-ethyl adjacent to an activating group) is 1. The SMILES string of the molecule is CCOC(=O)COc1c(Cl)cc(/C=C2\SC(=NC)N(C)C2=O)cc1Br. The summed E-state index contributed by atoms with van der Waals surface area (Å²) in [5.74, 6) is -0.255. The van der Waals surface area contributed by atoms with Crippen molar-refractivity contribution in [1.82, 2.24) is 4.90 Å². The van der Waals surface area contributed by atoms with E-state index in [-0.39, 0.29) is 19.1 Å². The van der Waals surface area contributed by atoms with Crippen LogP contribution >= 0.6 is 39.3 Å². The smallest absolute Gasteiger partial charge is 0.344 e. The zero-order chi connectivity index (χ0) is 18.6. The third kappa shape index (κ3) is 4.77. The third-order valence-corrected chi connectivity index (χ3v) is 5.17. The summed E-state index contributed by atoms with van der Waals surface area (Å²) in [4.78, 5) is 29.7. The summed E-state index contributed by atoms with van der Waals surface area (Å²) in [5.41, 5.74) is 0.724. The average molecular weight is 448 g/mol. The first-order valence-electron chi connectivity index (χ1n) is 7.29. The second kappa shape index (κ2) is 8.73. The number of carbonyl (C=O) groups excluding carboxylic acids is 2. The Morgan fingerprint density at radius 3 is 2.76 bits per heavy atom. The van der Waals surface area contributed by atoms with Crippen molar-refractivity contribution in [3.8, 4) is 5.75 Å². The largest absolute Gasteiger partial charge is 0.479 e. The Morgan fingerprint density at radius 1 is 1.48 bits per heavy atom. The van der Waals surface area contributed by atoms with E-state index in [1.54, 1.807) is 39.2 Å². The number of hydrogen-bond acceptors (Lipinski definition) is 6. The lowest BCUT2D eigenvalue weighted by Gasteiger charge is -2.10. The summed E-state index contributed by atoms with van der Waals surface area (Å²) in [6, 6.07) is 3.42. The van der Waals surface area contributed by atoms with Gasteiger partial charge in [0.05, 0.1) is 21.0 Å². The molecule has 0 radical (unpaired) electrons. The molecule has 2 rings (SSSR count). The minimum atomic E-state index is -0.473. The van der Waals surface area contributed by atoms with Crippen molar-refractivity contribution in [2.75, 3.05) is 27.3 Å². The Bertz CT molecular complexity index is 743. The molecule has 0 aromatic heterocycles. The fourth-order valence-corrected chi connectivity index (χ4v) is 3.95. The molecular formula is C16H16BrClN2O4S. The van der Waals surface area contributed by atoms with Gasteiger partial charge < -0.3 is 9.47 Å². The standard InChI is InChI=1S/C16H16BrClN2O4S/c1-4-23-13(21)8-24-14-10(17)5-9(6-11(14)18)7-12-15(22)20(3)16(19-2)25-12/h5-7H,4,8H2,1-3H3/b12-7-,19-16?. The van der Waals surface area contributed by atoms with E-state index < -0.39 is 5.97 Å². The quantitative estimate of drug-likeness (QED) is 0.510. The third-order valence-electron chi connectivity index (χ3n) is 3.15. The lowest BCUT2D eigenvalue weighted by molar-refractivity contribution is -0.145. The van der Waals surface area contributed by atoms with Gasteiger partial charge in [-0.05, 0) is 58.4 Å². The topological polar surface area (TPSA) is 68.2 Å².